The smallest absolute Gasteiger partial charge is 0.314 e. The number of likely N-dealkylation sites (tertiary alicyclic amines) is 2. The predicted octanol–water partition coefficient (Wildman–Crippen LogP) is 4.91. The minimum atomic E-state index is -1.22. The van der Waals surface area contributed by atoms with E-state index in [1.807, 2.05) is 0 Å². The first-order valence-corrected chi connectivity index (χ1v) is 19.4. The van der Waals surface area contributed by atoms with Crippen LogP contribution in [-0.4, -0.2) is 87.5 Å². The summed E-state index contributed by atoms with van der Waals surface area (Å²) in [5.74, 6) is -0.928. The number of nitrogens with zero attached hydrogens (tertiary/aromatic N) is 7. The maximum atomic E-state index is 13.8. The lowest BCUT2D eigenvalue weighted by molar-refractivity contribution is -0.146. The highest BCUT2D eigenvalue weighted by Crippen LogP contribution is 2.35. The van der Waals surface area contributed by atoms with Crippen LogP contribution in [0.25, 0.3) is 21.8 Å². The summed E-state index contributed by atoms with van der Waals surface area (Å²) in [6.07, 6.45) is 9.95. The lowest BCUT2D eigenvalue weighted by Crippen LogP contribution is -2.46. The number of rotatable bonds is 8. The molecule has 44 heavy (non-hydrogen) atoms. The zero-order chi connectivity index (χ0) is 31.0. The van der Waals surface area contributed by atoms with E-state index in [2.05, 4.69) is 83.0 Å². The normalized spacial score (nSPS) is 21.4. The summed E-state index contributed by atoms with van der Waals surface area (Å²) in [5, 5.41) is 14.1. The van der Waals surface area contributed by atoms with Gasteiger partial charge in [-0.2, -0.15) is 10.2 Å². The molecule has 12 heteroatoms. The molecule has 1 N–H and O–H groups in total. The molecule has 2 aliphatic heterocycles. The molecule has 3 aromatic heterocycles. The zero-order valence-electron chi connectivity index (χ0n) is 26.5. The number of carbonyl (C=O) groups excluding carboxylic acids is 2. The summed E-state index contributed by atoms with van der Waals surface area (Å²) >= 11 is 0. The van der Waals surface area contributed by atoms with Crippen LogP contribution in [0.4, 0.5) is 5.69 Å². The van der Waals surface area contributed by atoms with Gasteiger partial charge in [0.1, 0.15) is 6.73 Å². The van der Waals surface area contributed by atoms with E-state index in [0.29, 0.717) is 36.3 Å². The van der Waals surface area contributed by atoms with Gasteiger partial charge < -0.3 is 19.9 Å². The van der Waals surface area contributed by atoms with Crippen LogP contribution in [0.2, 0.25) is 25.7 Å². The van der Waals surface area contributed by atoms with Gasteiger partial charge in [0.05, 0.1) is 41.2 Å². The van der Waals surface area contributed by atoms with E-state index in [4.69, 9.17) is 9.84 Å². The van der Waals surface area contributed by atoms with Gasteiger partial charge in [-0.1, -0.05) is 38.7 Å². The highest BCUT2D eigenvalue weighted by Gasteiger charge is 2.35. The van der Waals surface area contributed by atoms with E-state index in [0.717, 1.165) is 60.2 Å². The molecule has 2 saturated heterocycles. The van der Waals surface area contributed by atoms with Crippen molar-refractivity contribution in [1.82, 2.24) is 34.3 Å². The Morgan fingerprint density at radius 3 is 2.68 bits per heavy atom. The van der Waals surface area contributed by atoms with Gasteiger partial charge in [-0.05, 0) is 56.4 Å². The monoisotopic (exact) mass is 616 g/mol. The topological polar surface area (TPSA) is 110 Å². The second-order valence-corrected chi connectivity index (χ2v) is 19.5. The average molecular weight is 617 g/mol. The van der Waals surface area contributed by atoms with Crippen molar-refractivity contribution in [1.29, 1.82) is 0 Å². The Hall–Kier alpha value is -3.61. The Morgan fingerprint density at radius 1 is 1.07 bits per heavy atom. The van der Waals surface area contributed by atoms with Gasteiger partial charge in [0.15, 0.2) is 0 Å². The number of fused-ring (bicyclic) bond motifs is 2. The van der Waals surface area contributed by atoms with Crippen LogP contribution in [-0.2, 0) is 21.1 Å². The van der Waals surface area contributed by atoms with E-state index in [9.17, 15) is 9.59 Å². The second kappa shape index (κ2) is 12.4. The fourth-order valence-corrected chi connectivity index (χ4v) is 7.12. The van der Waals surface area contributed by atoms with Gasteiger partial charge in [-0.25, -0.2) is 4.68 Å². The van der Waals surface area contributed by atoms with Crippen molar-refractivity contribution < 1.29 is 14.3 Å². The number of hydrogen-bond donors (Lipinski definition) is 1. The first-order chi connectivity index (χ1) is 21.1. The van der Waals surface area contributed by atoms with E-state index >= 15 is 0 Å². The lowest BCUT2D eigenvalue weighted by Gasteiger charge is -2.38. The van der Waals surface area contributed by atoms with Crippen LogP contribution in [0.5, 0.6) is 0 Å². The van der Waals surface area contributed by atoms with E-state index in [1.165, 1.54) is 0 Å². The Balaban J connectivity index is 1.19. The molecule has 0 aliphatic carbocycles. The highest BCUT2D eigenvalue weighted by molar-refractivity contribution is 6.76. The Bertz CT molecular complexity index is 1660. The fourth-order valence-electron chi connectivity index (χ4n) is 6.36. The molecule has 4 aromatic rings. The van der Waals surface area contributed by atoms with Crippen molar-refractivity contribution in [2.75, 3.05) is 38.6 Å². The van der Waals surface area contributed by atoms with Crippen LogP contribution in [0.15, 0.2) is 43.0 Å². The minimum Gasteiger partial charge on any atom is -0.360 e. The van der Waals surface area contributed by atoms with Crippen LogP contribution in [0.3, 0.4) is 0 Å². The molecular formula is C32H44N8O3Si. The number of nitrogens with one attached hydrogen (secondary N) is 1. The largest absolute Gasteiger partial charge is 0.360 e. The third kappa shape index (κ3) is 6.57. The SMILES string of the molecule is C[C@H]1CC[C@H](c2ccc3cn([C@H]4CCN(C)C4)nc3c2)N(C(=O)C(=O)Nc2cncc3cnn(COCC[Si](C)(C)C)c23)C1. The fraction of sp³-hybridized carbons (Fsp3) is 0.531. The van der Waals surface area contributed by atoms with Gasteiger partial charge in [-0.15, -0.1) is 0 Å². The molecule has 1 aromatic carbocycles. The highest BCUT2D eigenvalue weighted by atomic mass is 28.3. The van der Waals surface area contributed by atoms with Crippen molar-refractivity contribution in [2.45, 2.75) is 70.7 Å². The quantitative estimate of drug-likeness (QED) is 0.170. The molecule has 0 saturated carbocycles. The third-order valence-electron chi connectivity index (χ3n) is 8.95. The standard InChI is InChI=1S/C32H44N8O3Si/c1-22-6-9-29(23-7-8-24-19-39(36-27(24)14-23)26-10-11-37(2)20-26)38(18-22)32(42)31(41)35-28-17-33-15-25-16-34-40(30(25)28)21-43-12-13-44(3,4)5/h7-8,14-17,19,22,26,29H,6,9-13,18,20-21H2,1-5H3,(H,35,41)/t22-,26-,29+/m0/s1. The maximum absolute atomic E-state index is 13.8. The zero-order valence-corrected chi connectivity index (χ0v) is 27.5. The Kier molecular flexibility index (Phi) is 8.58. The predicted molar refractivity (Wildman–Crippen MR) is 174 cm³/mol. The van der Waals surface area contributed by atoms with Crippen LogP contribution in [0, 0.1) is 5.92 Å². The third-order valence-corrected chi connectivity index (χ3v) is 10.6. The molecule has 5 heterocycles. The Morgan fingerprint density at radius 2 is 1.91 bits per heavy atom. The molecule has 6 rings (SSSR count). The van der Waals surface area contributed by atoms with Gasteiger partial charge in [0.25, 0.3) is 0 Å². The number of hydrogen-bond acceptors (Lipinski definition) is 7. The van der Waals surface area contributed by atoms with Crippen LogP contribution >= 0.6 is 0 Å². The van der Waals surface area contributed by atoms with Crippen molar-refractivity contribution in [3.8, 4) is 0 Å². The molecule has 0 unspecified atom stereocenters. The first-order valence-electron chi connectivity index (χ1n) is 15.7. The summed E-state index contributed by atoms with van der Waals surface area (Å²) in [4.78, 5) is 35.7. The average Bonchev–Trinajstić information content (AvgIpc) is 3.72. The van der Waals surface area contributed by atoms with Crippen LogP contribution in [0.1, 0.15) is 43.8 Å². The number of piperidine rings is 1. The second-order valence-electron chi connectivity index (χ2n) is 13.9. The van der Waals surface area contributed by atoms with E-state index in [1.54, 1.807) is 28.2 Å². The van der Waals surface area contributed by atoms with Crippen molar-refractivity contribution in [3.05, 3.63) is 48.5 Å². The van der Waals surface area contributed by atoms with Crippen molar-refractivity contribution in [3.63, 3.8) is 0 Å². The van der Waals surface area contributed by atoms with E-state index in [-0.39, 0.29) is 12.8 Å². The number of pyridine rings is 1. The molecule has 0 bridgehead atoms. The number of aromatic nitrogens is 5. The summed E-state index contributed by atoms with van der Waals surface area (Å²) in [6.45, 7) is 12.6. The van der Waals surface area contributed by atoms with Crippen molar-refractivity contribution >= 4 is 47.4 Å². The van der Waals surface area contributed by atoms with Gasteiger partial charge in [0.2, 0.25) is 0 Å². The summed E-state index contributed by atoms with van der Waals surface area (Å²) in [6, 6.07) is 7.49. The molecule has 3 atom stereocenters. The lowest BCUT2D eigenvalue weighted by atomic mass is 9.89. The number of likely N-dealkylation sites (N-methyl/N-ethyl adjacent to an activating group) is 1. The van der Waals surface area contributed by atoms with Gasteiger partial charge >= 0.3 is 11.8 Å². The minimum absolute atomic E-state index is 0.198. The van der Waals surface area contributed by atoms with Crippen LogP contribution < -0.4 is 5.32 Å². The molecule has 0 spiro atoms. The molecule has 0 radical (unpaired) electrons. The van der Waals surface area contributed by atoms with Gasteiger partial charge in [-0.3, -0.25) is 19.3 Å². The number of benzene rings is 1. The first kappa shape index (κ1) is 30.4. The molecule has 234 valence electrons. The number of amides is 2. The summed E-state index contributed by atoms with van der Waals surface area (Å²) in [7, 11) is 0.921. The number of carbonyl (C=O) groups is 2. The Labute approximate surface area is 259 Å². The maximum Gasteiger partial charge on any atom is 0.314 e. The summed E-state index contributed by atoms with van der Waals surface area (Å²) in [5.41, 5.74) is 3.06. The molecular weight excluding hydrogens is 572 g/mol. The van der Waals surface area contributed by atoms with Gasteiger partial charge in [0, 0.05) is 50.9 Å². The number of ether oxygens (including phenoxy) is 1. The molecule has 2 fully saturated rings. The molecule has 11 nitrogen and oxygen atoms in total. The van der Waals surface area contributed by atoms with Crippen molar-refractivity contribution in [2.24, 2.45) is 5.92 Å². The number of anilines is 1. The molecule has 2 aliphatic rings. The summed E-state index contributed by atoms with van der Waals surface area (Å²) < 4.78 is 9.73. The molecule has 2 amide bonds. The van der Waals surface area contributed by atoms with E-state index < -0.39 is 19.9 Å².